The molecule has 0 amide bonds. The van der Waals surface area contributed by atoms with E-state index in [0.717, 1.165) is 24.1 Å². The lowest BCUT2D eigenvalue weighted by Crippen LogP contribution is -2.39. The van der Waals surface area contributed by atoms with Gasteiger partial charge in [-0.05, 0) is 38.0 Å². The van der Waals surface area contributed by atoms with Crippen LogP contribution in [0.2, 0.25) is 0 Å². The van der Waals surface area contributed by atoms with Crippen LogP contribution in [-0.2, 0) is 10.3 Å². The van der Waals surface area contributed by atoms with Crippen LogP contribution >= 0.6 is 0 Å². The Labute approximate surface area is 113 Å². The van der Waals surface area contributed by atoms with E-state index < -0.39 is 5.54 Å². The Balaban J connectivity index is 1.64. The molecule has 0 aromatic carbocycles. The van der Waals surface area contributed by atoms with Crippen LogP contribution < -0.4 is 5.73 Å². The van der Waals surface area contributed by atoms with Gasteiger partial charge < -0.3 is 15.0 Å². The Hall–Kier alpha value is -0.940. The SMILES string of the molecule is CCCOCC(C)(N)c1noc(C2C3CCCC32)n1. The predicted molar refractivity (Wildman–Crippen MR) is 70.5 cm³/mol. The standard InChI is InChI=1S/C14H23N3O2/c1-3-7-18-8-14(2,15)13-16-12(19-17-13)11-9-5-4-6-10(9)11/h9-11H,3-8,15H2,1-2H3. The predicted octanol–water partition coefficient (Wildman–Crippen LogP) is 2.18. The lowest BCUT2D eigenvalue weighted by Gasteiger charge is -2.19. The van der Waals surface area contributed by atoms with Crippen molar-refractivity contribution >= 4 is 0 Å². The minimum Gasteiger partial charge on any atom is -0.379 e. The molecule has 106 valence electrons. The van der Waals surface area contributed by atoms with Gasteiger partial charge in [-0.2, -0.15) is 4.98 Å². The van der Waals surface area contributed by atoms with E-state index in [-0.39, 0.29) is 0 Å². The smallest absolute Gasteiger partial charge is 0.230 e. The van der Waals surface area contributed by atoms with Crippen LogP contribution in [0.5, 0.6) is 0 Å². The first-order valence-corrected chi connectivity index (χ1v) is 7.34. The minimum absolute atomic E-state index is 0.428. The zero-order chi connectivity index (χ0) is 13.5. The van der Waals surface area contributed by atoms with E-state index in [4.69, 9.17) is 15.0 Å². The lowest BCUT2D eigenvalue weighted by atomic mass is 10.1. The molecule has 0 aliphatic heterocycles. The second-order valence-corrected chi connectivity index (χ2v) is 6.21. The Morgan fingerprint density at radius 3 is 2.84 bits per heavy atom. The normalized spacial score (nSPS) is 32.1. The maximum Gasteiger partial charge on any atom is 0.230 e. The van der Waals surface area contributed by atoms with E-state index in [1.54, 1.807) is 0 Å². The highest BCUT2D eigenvalue weighted by Crippen LogP contribution is 2.62. The van der Waals surface area contributed by atoms with Crippen molar-refractivity contribution < 1.29 is 9.26 Å². The van der Waals surface area contributed by atoms with Crippen LogP contribution in [0.1, 0.15) is 57.2 Å². The third-order valence-corrected chi connectivity index (χ3v) is 4.39. The molecule has 2 aliphatic carbocycles. The van der Waals surface area contributed by atoms with Gasteiger partial charge in [0.15, 0.2) is 5.82 Å². The van der Waals surface area contributed by atoms with Crippen molar-refractivity contribution in [2.45, 2.75) is 51.0 Å². The summed E-state index contributed by atoms with van der Waals surface area (Å²) in [6, 6.07) is 0. The first-order valence-electron chi connectivity index (χ1n) is 7.34. The number of hydrogen-bond donors (Lipinski definition) is 1. The van der Waals surface area contributed by atoms with Crippen molar-refractivity contribution in [3.05, 3.63) is 11.7 Å². The van der Waals surface area contributed by atoms with Crippen molar-refractivity contribution in [1.82, 2.24) is 10.1 Å². The molecule has 2 saturated carbocycles. The monoisotopic (exact) mass is 265 g/mol. The van der Waals surface area contributed by atoms with Crippen LogP contribution in [0, 0.1) is 11.8 Å². The number of nitrogens with two attached hydrogens (primary N) is 1. The summed E-state index contributed by atoms with van der Waals surface area (Å²) in [4.78, 5) is 4.52. The molecule has 5 nitrogen and oxygen atoms in total. The first kappa shape index (κ1) is 13.1. The summed E-state index contributed by atoms with van der Waals surface area (Å²) in [6.07, 6.45) is 4.96. The fraction of sp³-hybridized carbons (Fsp3) is 0.857. The Morgan fingerprint density at radius 2 is 2.16 bits per heavy atom. The molecule has 1 heterocycles. The molecule has 5 heteroatoms. The van der Waals surface area contributed by atoms with Gasteiger partial charge in [-0.15, -0.1) is 0 Å². The third-order valence-electron chi connectivity index (χ3n) is 4.39. The maximum atomic E-state index is 6.22. The topological polar surface area (TPSA) is 74.2 Å². The molecule has 0 spiro atoms. The quantitative estimate of drug-likeness (QED) is 0.798. The zero-order valence-electron chi connectivity index (χ0n) is 11.8. The first-order chi connectivity index (χ1) is 9.13. The molecule has 19 heavy (non-hydrogen) atoms. The number of aromatic nitrogens is 2. The highest BCUT2D eigenvalue weighted by molar-refractivity contribution is 5.17. The highest BCUT2D eigenvalue weighted by atomic mass is 16.5. The van der Waals surface area contributed by atoms with E-state index in [0.29, 0.717) is 25.0 Å². The van der Waals surface area contributed by atoms with Crippen molar-refractivity contribution in [2.75, 3.05) is 13.2 Å². The lowest BCUT2D eigenvalue weighted by molar-refractivity contribution is 0.0867. The summed E-state index contributed by atoms with van der Waals surface area (Å²) < 4.78 is 10.9. The number of rotatable bonds is 6. The van der Waals surface area contributed by atoms with Gasteiger partial charge in [0.05, 0.1) is 6.61 Å². The number of fused-ring (bicyclic) bond motifs is 1. The summed E-state index contributed by atoms with van der Waals surface area (Å²) in [5.41, 5.74) is 5.55. The third kappa shape index (κ3) is 2.41. The number of ether oxygens (including phenoxy) is 1. The molecule has 0 saturated heterocycles. The van der Waals surface area contributed by atoms with Crippen LogP contribution in [0.4, 0.5) is 0 Å². The number of nitrogens with zero attached hydrogens (tertiary/aromatic N) is 2. The molecule has 1 aromatic rings. The minimum atomic E-state index is -0.666. The van der Waals surface area contributed by atoms with E-state index in [1.165, 1.54) is 19.3 Å². The molecule has 0 bridgehead atoms. The van der Waals surface area contributed by atoms with Crippen molar-refractivity contribution in [3.63, 3.8) is 0 Å². The van der Waals surface area contributed by atoms with Crippen LogP contribution in [0.3, 0.4) is 0 Å². The molecule has 2 N–H and O–H groups in total. The molecule has 2 aliphatic rings. The van der Waals surface area contributed by atoms with Gasteiger partial charge in [0.25, 0.3) is 0 Å². The van der Waals surface area contributed by atoms with E-state index >= 15 is 0 Å². The molecule has 3 rings (SSSR count). The van der Waals surface area contributed by atoms with E-state index in [1.807, 2.05) is 6.92 Å². The second kappa shape index (κ2) is 4.87. The van der Waals surface area contributed by atoms with Crippen LogP contribution in [-0.4, -0.2) is 23.4 Å². The van der Waals surface area contributed by atoms with Crippen LogP contribution in [0.25, 0.3) is 0 Å². The van der Waals surface area contributed by atoms with Gasteiger partial charge >= 0.3 is 0 Å². The van der Waals surface area contributed by atoms with Gasteiger partial charge in [0, 0.05) is 12.5 Å². The molecule has 2 fully saturated rings. The van der Waals surface area contributed by atoms with Crippen molar-refractivity contribution in [2.24, 2.45) is 17.6 Å². The highest BCUT2D eigenvalue weighted by Gasteiger charge is 2.56. The van der Waals surface area contributed by atoms with Gasteiger partial charge in [-0.1, -0.05) is 18.5 Å². The van der Waals surface area contributed by atoms with Gasteiger partial charge in [0.2, 0.25) is 5.89 Å². The fourth-order valence-electron chi connectivity index (χ4n) is 3.28. The molecular formula is C14H23N3O2. The Kier molecular flexibility index (Phi) is 3.35. The molecule has 3 atom stereocenters. The van der Waals surface area contributed by atoms with Crippen molar-refractivity contribution in [3.8, 4) is 0 Å². The van der Waals surface area contributed by atoms with Gasteiger partial charge in [-0.3, -0.25) is 0 Å². The van der Waals surface area contributed by atoms with Crippen LogP contribution in [0.15, 0.2) is 4.52 Å². The van der Waals surface area contributed by atoms with Crippen molar-refractivity contribution in [1.29, 1.82) is 0 Å². The average Bonchev–Trinajstić information content (AvgIpc) is 2.82. The number of hydrogen-bond acceptors (Lipinski definition) is 5. The van der Waals surface area contributed by atoms with Gasteiger partial charge in [-0.25, -0.2) is 0 Å². The van der Waals surface area contributed by atoms with Gasteiger partial charge in [0.1, 0.15) is 5.54 Å². The Morgan fingerprint density at radius 1 is 1.42 bits per heavy atom. The molecule has 3 unspecified atom stereocenters. The van der Waals surface area contributed by atoms with E-state index in [9.17, 15) is 0 Å². The van der Waals surface area contributed by atoms with E-state index in [2.05, 4.69) is 17.1 Å². The molecule has 0 radical (unpaired) electrons. The summed E-state index contributed by atoms with van der Waals surface area (Å²) in [5, 5.41) is 4.06. The molecular weight excluding hydrogens is 242 g/mol. The summed E-state index contributed by atoms with van der Waals surface area (Å²) in [5.74, 6) is 3.44. The maximum absolute atomic E-state index is 6.22. The fourth-order valence-corrected chi connectivity index (χ4v) is 3.28. The summed E-state index contributed by atoms with van der Waals surface area (Å²) >= 11 is 0. The zero-order valence-corrected chi connectivity index (χ0v) is 11.8. The largest absolute Gasteiger partial charge is 0.379 e. The summed E-state index contributed by atoms with van der Waals surface area (Å²) in [6.45, 7) is 5.11. The Bertz CT molecular complexity index is 434. The average molecular weight is 265 g/mol. The summed E-state index contributed by atoms with van der Waals surface area (Å²) in [7, 11) is 0. The molecule has 1 aromatic heterocycles. The second-order valence-electron chi connectivity index (χ2n) is 6.21.